The zero-order chi connectivity index (χ0) is 19.7. The molecule has 1 rings (SSSR count). The van der Waals surface area contributed by atoms with Gasteiger partial charge < -0.3 is 25.0 Å². The van der Waals surface area contributed by atoms with Crippen molar-refractivity contribution in [2.75, 3.05) is 26.7 Å². The first kappa shape index (κ1) is 23.0. The molecule has 0 aromatic carbocycles. The quantitative estimate of drug-likeness (QED) is 0.788. The summed E-state index contributed by atoms with van der Waals surface area (Å²) in [5, 5.41) is 4.82. The van der Waals surface area contributed by atoms with Crippen LogP contribution >= 0.6 is 0 Å². The van der Waals surface area contributed by atoms with Crippen molar-refractivity contribution < 1.29 is 23.9 Å². The van der Waals surface area contributed by atoms with Crippen molar-refractivity contribution in [3.05, 3.63) is 0 Å². The highest BCUT2D eigenvalue weighted by Crippen LogP contribution is 2.08. The molecule has 0 saturated carbocycles. The van der Waals surface area contributed by atoms with Crippen LogP contribution in [0.25, 0.3) is 0 Å². The maximum atomic E-state index is 11.6. The number of amides is 3. The molecule has 0 unspecified atom stereocenters. The van der Waals surface area contributed by atoms with Gasteiger partial charge in [0.25, 0.3) is 0 Å². The van der Waals surface area contributed by atoms with E-state index in [-0.39, 0.29) is 24.1 Å². The van der Waals surface area contributed by atoms with Crippen molar-refractivity contribution in [1.82, 2.24) is 15.5 Å². The van der Waals surface area contributed by atoms with E-state index in [0.717, 1.165) is 25.9 Å². The lowest BCUT2D eigenvalue weighted by atomic mass is 10.2. The molecule has 1 aliphatic rings. The molecule has 0 bridgehead atoms. The van der Waals surface area contributed by atoms with Gasteiger partial charge in [0.1, 0.15) is 17.7 Å². The molecule has 0 spiro atoms. The standard InChI is InChI=1S/C11H20N2O3.C6H13NO2/c1-11(2,3)16-10(15)12-8-9(14)13-6-4-5-7-13;1-6(2,3)9-5(8)7-4/h4-8H2,1-3H3,(H,12,15);1-4H3,(H,7,8). The fourth-order valence-corrected chi connectivity index (χ4v) is 1.87. The number of nitrogens with one attached hydrogen (secondary N) is 2. The lowest BCUT2D eigenvalue weighted by molar-refractivity contribution is -0.129. The van der Waals surface area contributed by atoms with Crippen molar-refractivity contribution in [3.63, 3.8) is 0 Å². The van der Waals surface area contributed by atoms with E-state index < -0.39 is 11.7 Å². The normalized spacial score (nSPS) is 14.1. The highest BCUT2D eigenvalue weighted by Gasteiger charge is 2.20. The van der Waals surface area contributed by atoms with Gasteiger partial charge in [-0.3, -0.25) is 4.79 Å². The van der Waals surface area contributed by atoms with Crippen molar-refractivity contribution in [3.8, 4) is 0 Å². The molecule has 0 aliphatic carbocycles. The fraction of sp³-hybridized carbons (Fsp3) is 0.824. The Morgan fingerprint density at radius 3 is 1.68 bits per heavy atom. The van der Waals surface area contributed by atoms with E-state index >= 15 is 0 Å². The van der Waals surface area contributed by atoms with Gasteiger partial charge in [0.05, 0.1) is 0 Å². The van der Waals surface area contributed by atoms with E-state index in [2.05, 4.69) is 10.6 Å². The van der Waals surface area contributed by atoms with Crippen LogP contribution in [-0.4, -0.2) is 60.9 Å². The number of likely N-dealkylation sites (tertiary alicyclic amines) is 1. The van der Waals surface area contributed by atoms with Crippen LogP contribution in [0.2, 0.25) is 0 Å². The van der Waals surface area contributed by atoms with Gasteiger partial charge in [-0.1, -0.05) is 0 Å². The number of rotatable bonds is 2. The van der Waals surface area contributed by atoms with E-state index in [1.807, 2.05) is 20.8 Å². The molecule has 1 fully saturated rings. The molecule has 1 heterocycles. The van der Waals surface area contributed by atoms with Crippen LogP contribution in [0.3, 0.4) is 0 Å². The molecule has 2 N–H and O–H groups in total. The Morgan fingerprint density at radius 1 is 0.880 bits per heavy atom. The first-order valence-electron chi connectivity index (χ1n) is 8.49. The minimum Gasteiger partial charge on any atom is -0.444 e. The maximum absolute atomic E-state index is 11.6. The van der Waals surface area contributed by atoms with E-state index in [0.29, 0.717) is 0 Å². The molecule has 0 radical (unpaired) electrons. The Morgan fingerprint density at radius 2 is 1.32 bits per heavy atom. The van der Waals surface area contributed by atoms with Crippen molar-refractivity contribution in [2.24, 2.45) is 0 Å². The Balaban J connectivity index is 0.000000547. The average Bonchev–Trinajstić information content (AvgIpc) is 2.96. The van der Waals surface area contributed by atoms with Gasteiger partial charge in [-0.15, -0.1) is 0 Å². The van der Waals surface area contributed by atoms with Gasteiger partial charge in [0.2, 0.25) is 5.91 Å². The molecule has 25 heavy (non-hydrogen) atoms. The molecule has 1 aliphatic heterocycles. The summed E-state index contributed by atoms with van der Waals surface area (Å²) >= 11 is 0. The fourth-order valence-electron chi connectivity index (χ4n) is 1.87. The van der Waals surface area contributed by atoms with Gasteiger partial charge in [-0.05, 0) is 54.4 Å². The molecule has 146 valence electrons. The lowest BCUT2D eigenvalue weighted by Crippen LogP contribution is -2.40. The number of carbonyl (C=O) groups is 3. The Bertz CT molecular complexity index is 446. The zero-order valence-corrected chi connectivity index (χ0v) is 16.5. The summed E-state index contributed by atoms with van der Waals surface area (Å²) in [6, 6.07) is 0. The molecule has 1 saturated heterocycles. The van der Waals surface area contributed by atoms with Crippen LogP contribution in [0.5, 0.6) is 0 Å². The number of carbonyl (C=O) groups excluding carboxylic acids is 3. The summed E-state index contributed by atoms with van der Waals surface area (Å²) in [6.45, 7) is 12.4. The van der Waals surface area contributed by atoms with Crippen LogP contribution < -0.4 is 10.6 Å². The topological polar surface area (TPSA) is 97.0 Å². The van der Waals surface area contributed by atoms with E-state index in [1.54, 1.807) is 25.7 Å². The number of nitrogens with zero attached hydrogens (tertiary/aromatic N) is 1. The van der Waals surface area contributed by atoms with Crippen LogP contribution in [-0.2, 0) is 14.3 Å². The van der Waals surface area contributed by atoms with E-state index in [1.165, 1.54) is 7.05 Å². The Labute approximate surface area is 150 Å². The summed E-state index contributed by atoms with van der Waals surface area (Å²) in [5.74, 6) is -0.0386. The van der Waals surface area contributed by atoms with Crippen LogP contribution in [0, 0.1) is 0 Å². The van der Waals surface area contributed by atoms with Crippen molar-refractivity contribution in [2.45, 2.75) is 65.6 Å². The number of ether oxygens (including phenoxy) is 2. The SMILES string of the molecule is CC(C)(C)OC(=O)NCC(=O)N1CCCC1.CNC(=O)OC(C)(C)C. The third-order valence-electron chi connectivity index (χ3n) is 2.84. The smallest absolute Gasteiger partial charge is 0.408 e. The first-order chi connectivity index (χ1) is 11.3. The van der Waals surface area contributed by atoms with Gasteiger partial charge in [0, 0.05) is 20.1 Å². The van der Waals surface area contributed by atoms with Crippen LogP contribution in [0.4, 0.5) is 9.59 Å². The molecule has 0 atom stereocenters. The second-order valence-electron chi connectivity index (χ2n) is 7.70. The number of hydrogen-bond donors (Lipinski definition) is 2. The van der Waals surface area contributed by atoms with Crippen molar-refractivity contribution >= 4 is 18.1 Å². The summed E-state index contributed by atoms with van der Waals surface area (Å²) in [5.41, 5.74) is -0.916. The van der Waals surface area contributed by atoms with Crippen LogP contribution in [0.1, 0.15) is 54.4 Å². The third kappa shape index (κ3) is 13.0. The monoisotopic (exact) mass is 359 g/mol. The minimum absolute atomic E-state index is 0.0227. The minimum atomic E-state index is -0.542. The Hall–Kier alpha value is -1.99. The largest absolute Gasteiger partial charge is 0.444 e. The number of alkyl carbamates (subject to hydrolysis) is 2. The lowest BCUT2D eigenvalue weighted by Gasteiger charge is -2.20. The molecule has 8 heteroatoms. The van der Waals surface area contributed by atoms with E-state index in [9.17, 15) is 14.4 Å². The summed E-state index contributed by atoms with van der Waals surface area (Å²) in [4.78, 5) is 35.1. The molecule has 0 aromatic rings. The van der Waals surface area contributed by atoms with Crippen molar-refractivity contribution in [1.29, 1.82) is 0 Å². The van der Waals surface area contributed by atoms with Gasteiger partial charge in [-0.25, -0.2) is 9.59 Å². The number of hydrogen-bond acceptors (Lipinski definition) is 5. The summed E-state index contributed by atoms with van der Waals surface area (Å²) < 4.78 is 9.87. The highest BCUT2D eigenvalue weighted by atomic mass is 16.6. The molecular weight excluding hydrogens is 326 g/mol. The summed E-state index contributed by atoms with van der Waals surface area (Å²) in [6.07, 6.45) is 1.18. The third-order valence-corrected chi connectivity index (χ3v) is 2.84. The van der Waals surface area contributed by atoms with Gasteiger partial charge in [-0.2, -0.15) is 0 Å². The first-order valence-corrected chi connectivity index (χ1v) is 8.49. The predicted octanol–water partition coefficient (Wildman–Crippen LogP) is 2.27. The molecule has 8 nitrogen and oxygen atoms in total. The maximum Gasteiger partial charge on any atom is 0.408 e. The average molecular weight is 359 g/mol. The highest BCUT2D eigenvalue weighted by molar-refractivity contribution is 5.82. The molecule has 0 aromatic heterocycles. The second-order valence-corrected chi connectivity index (χ2v) is 7.70. The molecular formula is C17H33N3O5. The van der Waals surface area contributed by atoms with Crippen LogP contribution in [0.15, 0.2) is 0 Å². The zero-order valence-electron chi connectivity index (χ0n) is 16.5. The Kier molecular flexibility index (Phi) is 9.30. The molecule has 3 amide bonds. The predicted molar refractivity (Wildman–Crippen MR) is 95.3 cm³/mol. The van der Waals surface area contributed by atoms with E-state index in [4.69, 9.17) is 9.47 Å². The van der Waals surface area contributed by atoms with Gasteiger partial charge in [0.15, 0.2) is 0 Å². The van der Waals surface area contributed by atoms with Gasteiger partial charge >= 0.3 is 12.2 Å². The second kappa shape index (κ2) is 10.1. The summed E-state index contributed by atoms with van der Waals surface area (Å²) in [7, 11) is 1.54.